The lowest BCUT2D eigenvalue weighted by atomic mass is 10.1. The summed E-state index contributed by atoms with van der Waals surface area (Å²) < 4.78 is 0.864. The predicted molar refractivity (Wildman–Crippen MR) is 86.5 cm³/mol. The van der Waals surface area contributed by atoms with Crippen molar-refractivity contribution in [2.75, 3.05) is 6.54 Å². The van der Waals surface area contributed by atoms with Gasteiger partial charge in [-0.1, -0.05) is 23.7 Å². The highest BCUT2D eigenvalue weighted by Gasteiger charge is 1.99. The van der Waals surface area contributed by atoms with Gasteiger partial charge in [-0.15, -0.1) is 11.3 Å². The van der Waals surface area contributed by atoms with Crippen LogP contribution in [0.4, 0.5) is 0 Å². The molecule has 3 aromatic rings. The number of benzene rings is 1. The van der Waals surface area contributed by atoms with Crippen LogP contribution in [0.2, 0.25) is 4.34 Å². The van der Waals surface area contributed by atoms with E-state index >= 15 is 0 Å². The zero-order valence-corrected chi connectivity index (χ0v) is 12.5. The van der Waals surface area contributed by atoms with Crippen molar-refractivity contribution in [1.29, 1.82) is 0 Å². The maximum atomic E-state index is 5.92. The second kappa shape index (κ2) is 6.35. The van der Waals surface area contributed by atoms with Gasteiger partial charge in [0.15, 0.2) is 0 Å². The maximum absolute atomic E-state index is 5.92. The summed E-state index contributed by atoms with van der Waals surface area (Å²) in [5, 5.41) is 5.90. The quantitative estimate of drug-likeness (QED) is 0.712. The number of pyridine rings is 1. The molecule has 4 heteroatoms. The van der Waals surface area contributed by atoms with E-state index in [-0.39, 0.29) is 0 Å². The Hall–Kier alpha value is -1.42. The number of hydrogen-bond acceptors (Lipinski definition) is 3. The van der Waals surface area contributed by atoms with Crippen LogP contribution in [-0.2, 0) is 13.0 Å². The Bertz CT molecular complexity index is 708. The molecule has 0 fully saturated rings. The molecule has 3 rings (SSSR count). The van der Waals surface area contributed by atoms with E-state index in [0.29, 0.717) is 0 Å². The molecular formula is C16H15ClN2S. The van der Waals surface area contributed by atoms with Crippen LogP contribution < -0.4 is 5.32 Å². The average Bonchev–Trinajstić information content (AvgIpc) is 2.89. The zero-order valence-electron chi connectivity index (χ0n) is 11.0. The highest BCUT2D eigenvalue weighted by molar-refractivity contribution is 7.16. The van der Waals surface area contributed by atoms with E-state index in [4.69, 9.17) is 11.6 Å². The molecule has 0 amide bonds. The lowest BCUT2D eigenvalue weighted by molar-refractivity contribution is 0.691. The van der Waals surface area contributed by atoms with Gasteiger partial charge in [-0.05, 0) is 41.6 Å². The van der Waals surface area contributed by atoms with Crippen molar-refractivity contribution in [3.8, 4) is 0 Å². The smallest absolute Gasteiger partial charge is 0.0931 e. The SMILES string of the molecule is Clc1ccc(CCNCc2ccc3cnccc3c2)s1. The van der Waals surface area contributed by atoms with Crippen LogP contribution in [0.25, 0.3) is 10.8 Å². The molecule has 0 saturated carbocycles. The summed E-state index contributed by atoms with van der Waals surface area (Å²) in [5.74, 6) is 0. The Kier molecular flexibility index (Phi) is 4.31. The molecule has 0 aliphatic heterocycles. The van der Waals surface area contributed by atoms with E-state index in [1.165, 1.54) is 21.2 Å². The number of aromatic nitrogens is 1. The summed E-state index contributed by atoms with van der Waals surface area (Å²) >= 11 is 7.57. The van der Waals surface area contributed by atoms with Gasteiger partial charge in [-0.2, -0.15) is 0 Å². The topological polar surface area (TPSA) is 24.9 Å². The second-order valence-electron chi connectivity index (χ2n) is 4.69. The fraction of sp³-hybridized carbons (Fsp3) is 0.188. The van der Waals surface area contributed by atoms with Crippen molar-refractivity contribution in [3.63, 3.8) is 0 Å². The molecule has 0 aliphatic rings. The number of hydrogen-bond donors (Lipinski definition) is 1. The summed E-state index contributed by atoms with van der Waals surface area (Å²) in [4.78, 5) is 5.45. The van der Waals surface area contributed by atoms with Crippen LogP contribution >= 0.6 is 22.9 Å². The summed E-state index contributed by atoms with van der Waals surface area (Å²) in [7, 11) is 0. The molecule has 0 atom stereocenters. The lowest BCUT2D eigenvalue weighted by Gasteiger charge is -2.05. The fourth-order valence-corrected chi connectivity index (χ4v) is 3.26. The van der Waals surface area contributed by atoms with Gasteiger partial charge in [0.1, 0.15) is 0 Å². The van der Waals surface area contributed by atoms with Crippen molar-refractivity contribution in [1.82, 2.24) is 10.3 Å². The van der Waals surface area contributed by atoms with Gasteiger partial charge in [0.25, 0.3) is 0 Å². The van der Waals surface area contributed by atoms with Crippen molar-refractivity contribution in [2.24, 2.45) is 0 Å². The van der Waals surface area contributed by atoms with Crippen LogP contribution in [0.15, 0.2) is 48.8 Å². The van der Waals surface area contributed by atoms with E-state index in [9.17, 15) is 0 Å². The third-order valence-corrected chi connectivity index (χ3v) is 4.50. The second-order valence-corrected chi connectivity index (χ2v) is 6.49. The minimum atomic E-state index is 0.864. The minimum absolute atomic E-state index is 0.864. The van der Waals surface area contributed by atoms with Gasteiger partial charge in [-0.3, -0.25) is 4.98 Å². The monoisotopic (exact) mass is 302 g/mol. The van der Waals surface area contributed by atoms with Crippen LogP contribution in [0.5, 0.6) is 0 Å². The number of rotatable bonds is 5. The minimum Gasteiger partial charge on any atom is -0.312 e. The van der Waals surface area contributed by atoms with Gasteiger partial charge >= 0.3 is 0 Å². The molecule has 2 aromatic heterocycles. The number of halogens is 1. The first-order chi connectivity index (χ1) is 9.81. The molecule has 0 bridgehead atoms. The summed E-state index contributed by atoms with van der Waals surface area (Å²) in [6.07, 6.45) is 4.75. The molecule has 2 nitrogen and oxygen atoms in total. The Morgan fingerprint density at radius 1 is 1.10 bits per heavy atom. The molecule has 0 unspecified atom stereocenters. The molecular weight excluding hydrogens is 288 g/mol. The first kappa shape index (κ1) is 13.6. The summed E-state index contributed by atoms with van der Waals surface area (Å²) in [5.41, 5.74) is 1.30. The normalized spacial score (nSPS) is 11.1. The Balaban J connectivity index is 1.54. The molecule has 2 heterocycles. The summed E-state index contributed by atoms with van der Waals surface area (Å²) in [6, 6.07) is 12.6. The molecule has 0 spiro atoms. The van der Waals surface area contributed by atoms with Crippen LogP contribution in [0.1, 0.15) is 10.4 Å². The molecule has 102 valence electrons. The van der Waals surface area contributed by atoms with Crippen LogP contribution in [0, 0.1) is 0 Å². The van der Waals surface area contributed by atoms with Crippen LogP contribution in [-0.4, -0.2) is 11.5 Å². The number of thiophene rings is 1. The van der Waals surface area contributed by atoms with Crippen molar-refractivity contribution in [3.05, 3.63) is 63.6 Å². The third-order valence-electron chi connectivity index (χ3n) is 3.21. The van der Waals surface area contributed by atoms with E-state index in [1.54, 1.807) is 11.3 Å². The molecule has 0 saturated heterocycles. The molecule has 1 N–H and O–H groups in total. The van der Waals surface area contributed by atoms with Gasteiger partial charge in [0, 0.05) is 35.7 Å². The molecule has 0 aliphatic carbocycles. The largest absolute Gasteiger partial charge is 0.312 e. The molecule has 1 aromatic carbocycles. The third kappa shape index (κ3) is 3.37. The first-order valence-corrected chi connectivity index (χ1v) is 7.78. The lowest BCUT2D eigenvalue weighted by Crippen LogP contribution is -2.16. The van der Waals surface area contributed by atoms with E-state index in [1.807, 2.05) is 24.5 Å². The Labute approximate surface area is 127 Å². The maximum Gasteiger partial charge on any atom is 0.0931 e. The van der Waals surface area contributed by atoms with Gasteiger partial charge in [0.05, 0.1) is 4.34 Å². The summed E-state index contributed by atoms with van der Waals surface area (Å²) in [6.45, 7) is 1.85. The highest BCUT2D eigenvalue weighted by Crippen LogP contribution is 2.21. The van der Waals surface area contributed by atoms with Crippen LogP contribution in [0.3, 0.4) is 0 Å². The molecule has 0 radical (unpaired) electrons. The average molecular weight is 303 g/mol. The van der Waals surface area contributed by atoms with Crippen molar-refractivity contribution >= 4 is 33.7 Å². The van der Waals surface area contributed by atoms with Gasteiger partial charge in [0.2, 0.25) is 0 Å². The van der Waals surface area contributed by atoms with Gasteiger partial charge in [-0.25, -0.2) is 0 Å². The molecule has 20 heavy (non-hydrogen) atoms. The number of nitrogens with one attached hydrogen (secondary N) is 1. The Morgan fingerprint density at radius 2 is 2.05 bits per heavy atom. The van der Waals surface area contributed by atoms with E-state index in [0.717, 1.165) is 23.8 Å². The zero-order chi connectivity index (χ0) is 13.8. The Morgan fingerprint density at radius 3 is 2.90 bits per heavy atom. The highest BCUT2D eigenvalue weighted by atomic mass is 35.5. The van der Waals surface area contributed by atoms with Crippen molar-refractivity contribution < 1.29 is 0 Å². The number of fused-ring (bicyclic) bond motifs is 1. The predicted octanol–water partition coefficient (Wildman–Crippen LogP) is 4.28. The first-order valence-electron chi connectivity index (χ1n) is 6.59. The fourth-order valence-electron chi connectivity index (χ4n) is 2.17. The van der Waals surface area contributed by atoms with E-state index < -0.39 is 0 Å². The van der Waals surface area contributed by atoms with E-state index in [2.05, 4.69) is 34.6 Å². The standard InChI is InChI=1S/C16H15ClN2S/c17-16-4-3-15(20-16)6-8-18-10-12-1-2-14-11-19-7-5-13(14)9-12/h1-5,7,9,11,18H,6,8,10H2. The number of nitrogens with zero attached hydrogens (tertiary/aromatic N) is 1. The van der Waals surface area contributed by atoms with Gasteiger partial charge < -0.3 is 5.32 Å². The van der Waals surface area contributed by atoms with Crippen molar-refractivity contribution in [2.45, 2.75) is 13.0 Å².